The number of hydrogen-bond donors (Lipinski definition) is 2. The van der Waals surface area contributed by atoms with E-state index < -0.39 is 5.92 Å². The standard InChI is InChI=1S/C19H15BrN4O3/c1-10-16-17(14(8-21)18(22)27-19(16)24-23-10)15-7-6-13(26-15)9-25-12-4-2-11(20)3-5-12/h2-7,17H,9,22H2,1H3,(H,23,24). The van der Waals surface area contributed by atoms with Gasteiger partial charge in [-0.3, -0.25) is 5.10 Å². The third-order valence-electron chi connectivity index (χ3n) is 4.29. The Labute approximate surface area is 163 Å². The maximum atomic E-state index is 9.56. The molecule has 1 atom stereocenters. The molecule has 0 aliphatic carbocycles. The first-order valence-electron chi connectivity index (χ1n) is 8.16. The van der Waals surface area contributed by atoms with E-state index in [4.69, 9.17) is 19.6 Å². The lowest BCUT2D eigenvalue weighted by molar-refractivity contribution is 0.264. The Hall–Kier alpha value is -3.18. The van der Waals surface area contributed by atoms with Crippen LogP contribution < -0.4 is 15.2 Å². The van der Waals surface area contributed by atoms with E-state index in [0.717, 1.165) is 21.5 Å². The molecule has 1 aliphatic heterocycles. The fourth-order valence-electron chi connectivity index (χ4n) is 3.00. The number of aromatic nitrogens is 2. The van der Waals surface area contributed by atoms with Gasteiger partial charge < -0.3 is 19.6 Å². The van der Waals surface area contributed by atoms with Crippen LogP contribution in [0.15, 0.2) is 56.7 Å². The highest BCUT2D eigenvalue weighted by atomic mass is 79.9. The molecule has 8 heteroatoms. The summed E-state index contributed by atoms with van der Waals surface area (Å²) in [5.74, 6) is 1.87. The van der Waals surface area contributed by atoms with Gasteiger partial charge in [-0.25, -0.2) is 0 Å². The fourth-order valence-corrected chi connectivity index (χ4v) is 3.26. The molecule has 3 heterocycles. The molecule has 1 aliphatic rings. The lowest BCUT2D eigenvalue weighted by atomic mass is 9.88. The van der Waals surface area contributed by atoms with Crippen LogP contribution in [-0.2, 0) is 6.61 Å². The summed E-state index contributed by atoms with van der Waals surface area (Å²) in [4.78, 5) is 0. The predicted molar refractivity (Wildman–Crippen MR) is 99.8 cm³/mol. The maximum absolute atomic E-state index is 9.56. The number of ether oxygens (including phenoxy) is 2. The quantitative estimate of drug-likeness (QED) is 0.654. The highest BCUT2D eigenvalue weighted by molar-refractivity contribution is 9.10. The van der Waals surface area contributed by atoms with Crippen molar-refractivity contribution < 1.29 is 13.9 Å². The maximum Gasteiger partial charge on any atom is 0.244 e. The SMILES string of the molecule is Cc1[nH]nc2c1C(c1ccc(COc3ccc(Br)cc3)o1)C(C#N)=C(N)O2. The molecule has 27 heavy (non-hydrogen) atoms. The summed E-state index contributed by atoms with van der Waals surface area (Å²) in [6.45, 7) is 2.13. The molecule has 1 aromatic carbocycles. The van der Waals surface area contributed by atoms with Crippen molar-refractivity contribution in [3.8, 4) is 17.7 Å². The van der Waals surface area contributed by atoms with E-state index in [1.165, 1.54) is 0 Å². The van der Waals surface area contributed by atoms with E-state index in [-0.39, 0.29) is 12.5 Å². The van der Waals surface area contributed by atoms with E-state index in [9.17, 15) is 5.26 Å². The topological polar surface area (TPSA) is 110 Å². The number of halogens is 1. The van der Waals surface area contributed by atoms with Crippen LogP contribution in [0.4, 0.5) is 0 Å². The summed E-state index contributed by atoms with van der Waals surface area (Å²) in [7, 11) is 0. The molecular weight excluding hydrogens is 412 g/mol. The van der Waals surface area contributed by atoms with Crippen molar-refractivity contribution in [2.24, 2.45) is 5.73 Å². The normalized spacial score (nSPS) is 15.8. The van der Waals surface area contributed by atoms with Gasteiger partial charge in [0.15, 0.2) is 0 Å². The average molecular weight is 427 g/mol. The van der Waals surface area contributed by atoms with E-state index in [1.54, 1.807) is 0 Å². The van der Waals surface area contributed by atoms with Gasteiger partial charge in [-0.15, -0.1) is 5.10 Å². The second kappa shape index (κ2) is 6.85. The van der Waals surface area contributed by atoms with Gasteiger partial charge in [0.2, 0.25) is 11.8 Å². The minimum absolute atomic E-state index is 0.0329. The zero-order valence-electron chi connectivity index (χ0n) is 14.3. The largest absolute Gasteiger partial charge is 0.486 e. The molecule has 0 saturated heterocycles. The van der Waals surface area contributed by atoms with Crippen molar-refractivity contribution >= 4 is 15.9 Å². The highest BCUT2D eigenvalue weighted by Crippen LogP contribution is 2.43. The van der Waals surface area contributed by atoms with Gasteiger partial charge in [-0.1, -0.05) is 15.9 Å². The zero-order chi connectivity index (χ0) is 19.0. The molecule has 2 aromatic heterocycles. The van der Waals surface area contributed by atoms with Crippen molar-refractivity contribution in [3.63, 3.8) is 0 Å². The molecule has 7 nitrogen and oxygen atoms in total. The van der Waals surface area contributed by atoms with Crippen molar-refractivity contribution in [1.82, 2.24) is 10.2 Å². The summed E-state index contributed by atoms with van der Waals surface area (Å²) in [6.07, 6.45) is 0. The molecule has 0 amide bonds. The second-order valence-electron chi connectivity index (χ2n) is 6.04. The van der Waals surface area contributed by atoms with Crippen molar-refractivity contribution in [2.75, 3.05) is 0 Å². The first-order chi connectivity index (χ1) is 13.1. The highest BCUT2D eigenvalue weighted by Gasteiger charge is 2.36. The third kappa shape index (κ3) is 3.17. The van der Waals surface area contributed by atoms with E-state index >= 15 is 0 Å². The van der Waals surface area contributed by atoms with Crippen LogP contribution in [0, 0.1) is 18.3 Å². The number of furan rings is 1. The predicted octanol–water partition coefficient (Wildman–Crippen LogP) is 3.87. The van der Waals surface area contributed by atoms with Crippen molar-refractivity contribution in [1.29, 1.82) is 5.26 Å². The Morgan fingerprint density at radius 3 is 2.81 bits per heavy atom. The Morgan fingerprint density at radius 1 is 1.30 bits per heavy atom. The van der Waals surface area contributed by atoms with Gasteiger partial charge in [-0.05, 0) is 43.3 Å². The third-order valence-corrected chi connectivity index (χ3v) is 4.82. The number of allylic oxidation sites excluding steroid dienone is 1. The first-order valence-corrected chi connectivity index (χ1v) is 8.95. The monoisotopic (exact) mass is 426 g/mol. The van der Waals surface area contributed by atoms with Crippen LogP contribution in [0.1, 0.15) is 28.7 Å². The van der Waals surface area contributed by atoms with Gasteiger partial charge in [0, 0.05) is 10.2 Å². The van der Waals surface area contributed by atoms with Crippen LogP contribution in [0.3, 0.4) is 0 Å². The molecule has 3 aromatic rings. The minimum atomic E-state index is -0.473. The van der Waals surface area contributed by atoms with Gasteiger partial charge >= 0.3 is 0 Å². The van der Waals surface area contributed by atoms with Crippen LogP contribution in [0.2, 0.25) is 0 Å². The number of aryl methyl sites for hydroxylation is 1. The van der Waals surface area contributed by atoms with Gasteiger partial charge in [0.25, 0.3) is 0 Å². The summed E-state index contributed by atoms with van der Waals surface area (Å²) < 4.78 is 18.1. The molecule has 136 valence electrons. The molecule has 0 bridgehead atoms. The molecule has 0 spiro atoms. The molecule has 0 radical (unpaired) electrons. The number of fused-ring (bicyclic) bond motifs is 1. The molecule has 1 unspecified atom stereocenters. The number of benzene rings is 1. The van der Waals surface area contributed by atoms with Crippen molar-refractivity contribution in [2.45, 2.75) is 19.4 Å². The van der Waals surface area contributed by atoms with Gasteiger partial charge in [0.05, 0.1) is 11.5 Å². The number of H-pyrrole nitrogens is 1. The summed E-state index contributed by atoms with van der Waals surface area (Å²) in [6, 6.07) is 13.3. The van der Waals surface area contributed by atoms with Crippen LogP contribution in [0.25, 0.3) is 0 Å². The molecule has 0 fully saturated rings. The van der Waals surface area contributed by atoms with Gasteiger partial charge in [0.1, 0.15) is 35.5 Å². The summed E-state index contributed by atoms with van der Waals surface area (Å²) >= 11 is 3.39. The molecular formula is C19H15BrN4O3. The Bertz CT molecular complexity index is 1060. The Morgan fingerprint density at radius 2 is 2.07 bits per heavy atom. The van der Waals surface area contributed by atoms with Crippen LogP contribution in [0.5, 0.6) is 11.6 Å². The fraction of sp³-hybridized carbons (Fsp3) is 0.158. The first kappa shape index (κ1) is 17.2. The number of nitriles is 1. The molecule has 4 rings (SSSR count). The summed E-state index contributed by atoms with van der Waals surface area (Å²) in [5, 5.41) is 16.5. The smallest absolute Gasteiger partial charge is 0.244 e. The molecule has 3 N–H and O–H groups in total. The molecule has 0 saturated carbocycles. The van der Waals surface area contributed by atoms with Crippen molar-refractivity contribution in [3.05, 3.63) is 75.1 Å². The number of nitrogens with two attached hydrogens (primary N) is 1. The number of nitrogens with one attached hydrogen (secondary N) is 1. The average Bonchev–Trinajstić information content (AvgIpc) is 3.27. The number of rotatable bonds is 4. The zero-order valence-corrected chi connectivity index (χ0v) is 15.9. The van der Waals surface area contributed by atoms with Crippen LogP contribution in [-0.4, -0.2) is 10.2 Å². The number of nitrogens with zero attached hydrogens (tertiary/aromatic N) is 2. The second-order valence-corrected chi connectivity index (χ2v) is 6.95. The van der Waals surface area contributed by atoms with E-state index in [0.29, 0.717) is 23.0 Å². The lowest BCUT2D eigenvalue weighted by Gasteiger charge is -2.21. The Balaban J connectivity index is 1.61. The van der Waals surface area contributed by atoms with Crippen LogP contribution >= 0.6 is 15.9 Å². The van der Waals surface area contributed by atoms with E-state index in [1.807, 2.05) is 43.3 Å². The van der Waals surface area contributed by atoms with Gasteiger partial charge in [-0.2, -0.15) is 5.26 Å². The Kier molecular flexibility index (Phi) is 4.38. The minimum Gasteiger partial charge on any atom is -0.486 e. The summed E-state index contributed by atoms with van der Waals surface area (Å²) in [5.41, 5.74) is 7.74. The number of aromatic amines is 1. The lowest BCUT2D eigenvalue weighted by Crippen LogP contribution is -2.20. The number of hydrogen-bond acceptors (Lipinski definition) is 6. The van der Waals surface area contributed by atoms with E-state index in [2.05, 4.69) is 32.2 Å².